The quantitative estimate of drug-likeness (QED) is 0.908. The largest absolute Gasteiger partial charge is 0.372 e. The van der Waals surface area contributed by atoms with Crippen molar-refractivity contribution in [3.05, 3.63) is 16.0 Å². The van der Waals surface area contributed by atoms with Gasteiger partial charge in [0.1, 0.15) is 11.6 Å². The van der Waals surface area contributed by atoms with E-state index in [0.29, 0.717) is 11.8 Å². The van der Waals surface area contributed by atoms with Crippen molar-refractivity contribution in [1.29, 1.82) is 0 Å². The first-order chi connectivity index (χ1) is 8.61. The molecule has 0 aliphatic heterocycles. The van der Waals surface area contributed by atoms with Crippen LogP contribution in [0.4, 0.5) is 5.82 Å². The molecule has 0 atom stereocenters. The number of hydrogen-bond donors (Lipinski definition) is 1. The molecule has 0 radical (unpaired) electrons. The molecule has 1 N–H and O–H groups in total. The van der Waals surface area contributed by atoms with Crippen molar-refractivity contribution in [3.63, 3.8) is 0 Å². The molecule has 0 unspecified atom stereocenters. The molecule has 0 aromatic carbocycles. The van der Waals surface area contributed by atoms with Crippen molar-refractivity contribution in [1.82, 2.24) is 9.97 Å². The van der Waals surface area contributed by atoms with Crippen LogP contribution in [0.15, 0.2) is 4.47 Å². The van der Waals surface area contributed by atoms with Gasteiger partial charge in [-0.05, 0) is 34.7 Å². The van der Waals surface area contributed by atoms with Crippen molar-refractivity contribution in [2.75, 3.05) is 12.4 Å². The van der Waals surface area contributed by atoms with Gasteiger partial charge in [0.15, 0.2) is 0 Å². The number of rotatable bonds is 4. The molecule has 1 saturated carbocycles. The van der Waals surface area contributed by atoms with Crippen LogP contribution in [0, 0.1) is 5.92 Å². The minimum Gasteiger partial charge on any atom is -0.372 e. The van der Waals surface area contributed by atoms with Gasteiger partial charge in [-0.3, -0.25) is 0 Å². The van der Waals surface area contributed by atoms with Gasteiger partial charge in [-0.25, -0.2) is 9.97 Å². The zero-order chi connectivity index (χ0) is 13.1. The molecule has 0 saturated heterocycles. The van der Waals surface area contributed by atoms with Crippen LogP contribution in [-0.2, 0) is 6.42 Å². The lowest BCUT2D eigenvalue weighted by molar-refractivity contribution is 0.606. The van der Waals surface area contributed by atoms with E-state index in [-0.39, 0.29) is 0 Å². The molecule has 3 nitrogen and oxygen atoms in total. The molecule has 0 spiro atoms. The maximum absolute atomic E-state index is 4.81. The van der Waals surface area contributed by atoms with E-state index in [0.717, 1.165) is 22.5 Å². The minimum absolute atomic E-state index is 0.590. The molecule has 1 aliphatic rings. The Balaban J connectivity index is 2.36. The Labute approximate surface area is 118 Å². The first kappa shape index (κ1) is 13.8. The smallest absolute Gasteiger partial charge is 0.144 e. The standard InChI is InChI=1S/C14H22BrN3/c1-9(2)8-11-17-13(10-6-4-5-7-10)12(15)14(16-3)18-11/h9-10H,4-8H2,1-3H3,(H,16,17,18). The van der Waals surface area contributed by atoms with Crippen molar-refractivity contribution in [3.8, 4) is 0 Å². The number of halogens is 1. The Morgan fingerprint density at radius 3 is 2.50 bits per heavy atom. The number of nitrogens with one attached hydrogen (secondary N) is 1. The Bertz CT molecular complexity index is 412. The molecule has 4 heteroatoms. The molecule has 1 aromatic heterocycles. The van der Waals surface area contributed by atoms with Crippen LogP contribution < -0.4 is 5.32 Å². The molecular weight excluding hydrogens is 290 g/mol. The summed E-state index contributed by atoms with van der Waals surface area (Å²) >= 11 is 3.66. The number of aromatic nitrogens is 2. The van der Waals surface area contributed by atoms with Gasteiger partial charge < -0.3 is 5.32 Å². The first-order valence-corrected chi connectivity index (χ1v) is 7.65. The third kappa shape index (κ3) is 3.02. The highest BCUT2D eigenvalue weighted by molar-refractivity contribution is 9.10. The lowest BCUT2D eigenvalue weighted by atomic mass is 10.0. The fourth-order valence-corrected chi connectivity index (χ4v) is 3.30. The molecule has 100 valence electrons. The van der Waals surface area contributed by atoms with Crippen molar-refractivity contribution < 1.29 is 0 Å². The van der Waals surface area contributed by atoms with Crippen LogP contribution in [0.25, 0.3) is 0 Å². The van der Waals surface area contributed by atoms with E-state index >= 15 is 0 Å². The molecule has 0 bridgehead atoms. The first-order valence-electron chi connectivity index (χ1n) is 6.86. The summed E-state index contributed by atoms with van der Waals surface area (Å²) in [6.07, 6.45) is 6.13. The molecule has 0 amide bonds. The van der Waals surface area contributed by atoms with E-state index in [1.54, 1.807) is 0 Å². The SMILES string of the molecule is CNc1nc(CC(C)C)nc(C2CCCC2)c1Br. The zero-order valence-corrected chi connectivity index (χ0v) is 13.0. The second kappa shape index (κ2) is 6.00. The Morgan fingerprint density at radius 2 is 1.94 bits per heavy atom. The molecular formula is C14H22BrN3. The van der Waals surface area contributed by atoms with Crippen molar-refractivity contribution in [2.24, 2.45) is 5.92 Å². The Morgan fingerprint density at radius 1 is 1.28 bits per heavy atom. The lowest BCUT2D eigenvalue weighted by Crippen LogP contribution is -2.10. The van der Waals surface area contributed by atoms with Gasteiger partial charge in [0, 0.05) is 19.4 Å². The highest BCUT2D eigenvalue weighted by atomic mass is 79.9. The van der Waals surface area contributed by atoms with Gasteiger partial charge in [-0.15, -0.1) is 0 Å². The third-order valence-corrected chi connectivity index (χ3v) is 4.27. The maximum atomic E-state index is 4.81. The highest BCUT2D eigenvalue weighted by Gasteiger charge is 2.23. The molecule has 2 rings (SSSR count). The summed E-state index contributed by atoms with van der Waals surface area (Å²) in [6, 6.07) is 0. The van der Waals surface area contributed by atoms with Gasteiger partial charge in [0.05, 0.1) is 10.2 Å². The maximum Gasteiger partial charge on any atom is 0.144 e. The van der Waals surface area contributed by atoms with Gasteiger partial charge in [-0.2, -0.15) is 0 Å². The van der Waals surface area contributed by atoms with Gasteiger partial charge >= 0.3 is 0 Å². The van der Waals surface area contributed by atoms with E-state index in [9.17, 15) is 0 Å². The second-order valence-corrected chi connectivity index (χ2v) is 6.31. The normalized spacial score (nSPS) is 16.5. The van der Waals surface area contributed by atoms with Crippen molar-refractivity contribution in [2.45, 2.75) is 51.9 Å². The number of hydrogen-bond acceptors (Lipinski definition) is 3. The zero-order valence-electron chi connectivity index (χ0n) is 11.5. The number of anilines is 1. The predicted octanol–water partition coefficient (Wildman–Crippen LogP) is 4.14. The monoisotopic (exact) mass is 311 g/mol. The fourth-order valence-electron chi connectivity index (χ4n) is 2.60. The van der Waals surface area contributed by atoms with E-state index in [2.05, 4.69) is 40.1 Å². The van der Waals surface area contributed by atoms with Crippen molar-refractivity contribution >= 4 is 21.7 Å². The Hall–Kier alpha value is -0.640. The van der Waals surface area contributed by atoms with E-state index in [4.69, 9.17) is 4.98 Å². The second-order valence-electron chi connectivity index (χ2n) is 5.52. The predicted molar refractivity (Wildman–Crippen MR) is 79.0 cm³/mol. The minimum atomic E-state index is 0.590. The van der Waals surface area contributed by atoms with E-state index < -0.39 is 0 Å². The lowest BCUT2D eigenvalue weighted by Gasteiger charge is -2.16. The van der Waals surface area contributed by atoms with E-state index in [1.165, 1.54) is 31.4 Å². The van der Waals surface area contributed by atoms with Gasteiger partial charge in [0.25, 0.3) is 0 Å². The molecule has 1 aromatic rings. The van der Waals surface area contributed by atoms with Crippen LogP contribution in [0.5, 0.6) is 0 Å². The van der Waals surface area contributed by atoms with E-state index in [1.807, 2.05) is 7.05 Å². The molecule has 1 fully saturated rings. The average Bonchev–Trinajstić information content (AvgIpc) is 2.84. The summed E-state index contributed by atoms with van der Waals surface area (Å²) in [6.45, 7) is 4.42. The summed E-state index contributed by atoms with van der Waals surface area (Å²) in [4.78, 5) is 9.40. The van der Waals surface area contributed by atoms with Gasteiger partial charge in [0.2, 0.25) is 0 Å². The Kier molecular flexibility index (Phi) is 4.60. The van der Waals surface area contributed by atoms with Crippen LogP contribution in [0.3, 0.4) is 0 Å². The topological polar surface area (TPSA) is 37.8 Å². The van der Waals surface area contributed by atoms with Crippen LogP contribution in [0.1, 0.15) is 57.0 Å². The van der Waals surface area contributed by atoms with Gasteiger partial charge in [-0.1, -0.05) is 26.7 Å². The summed E-state index contributed by atoms with van der Waals surface area (Å²) < 4.78 is 1.06. The average molecular weight is 312 g/mol. The summed E-state index contributed by atoms with van der Waals surface area (Å²) in [5, 5.41) is 3.17. The highest BCUT2D eigenvalue weighted by Crippen LogP contribution is 2.38. The third-order valence-electron chi connectivity index (χ3n) is 3.49. The molecule has 1 aliphatic carbocycles. The molecule has 1 heterocycles. The fraction of sp³-hybridized carbons (Fsp3) is 0.714. The number of nitrogens with zero attached hydrogens (tertiary/aromatic N) is 2. The van der Waals surface area contributed by atoms with Crippen LogP contribution >= 0.6 is 15.9 Å². The molecule has 18 heavy (non-hydrogen) atoms. The summed E-state index contributed by atoms with van der Waals surface area (Å²) in [7, 11) is 1.92. The van der Waals surface area contributed by atoms with Crippen LogP contribution in [-0.4, -0.2) is 17.0 Å². The summed E-state index contributed by atoms with van der Waals surface area (Å²) in [5.41, 5.74) is 1.21. The summed E-state index contributed by atoms with van der Waals surface area (Å²) in [5.74, 6) is 3.11. The van der Waals surface area contributed by atoms with Crippen LogP contribution in [0.2, 0.25) is 0 Å².